The van der Waals surface area contributed by atoms with Crippen molar-refractivity contribution in [1.82, 2.24) is 9.88 Å². The Morgan fingerprint density at radius 3 is 2.81 bits per heavy atom. The summed E-state index contributed by atoms with van der Waals surface area (Å²) in [6.45, 7) is 2.51. The molecular formula is C18H18F2N4O2. The number of hydrogen-bond acceptors (Lipinski definition) is 5. The zero-order valence-electron chi connectivity index (χ0n) is 14.2. The number of fused-ring (bicyclic) bond motifs is 1. The largest absolute Gasteiger partial charge is 0.480 e. The van der Waals surface area contributed by atoms with E-state index in [-0.39, 0.29) is 35.1 Å². The molecular weight excluding hydrogens is 342 g/mol. The van der Waals surface area contributed by atoms with E-state index in [1.807, 2.05) is 17.9 Å². The summed E-state index contributed by atoms with van der Waals surface area (Å²) in [5.74, 6) is -2.39. The summed E-state index contributed by atoms with van der Waals surface area (Å²) in [5.41, 5.74) is 0.578. The van der Waals surface area contributed by atoms with Crippen LogP contribution < -0.4 is 5.32 Å². The first-order valence-electron chi connectivity index (χ1n) is 8.33. The van der Waals surface area contributed by atoms with Gasteiger partial charge in [0.15, 0.2) is 5.82 Å². The number of rotatable bonds is 6. The van der Waals surface area contributed by atoms with Gasteiger partial charge in [-0.3, -0.25) is 14.7 Å². The summed E-state index contributed by atoms with van der Waals surface area (Å²) in [6.07, 6.45) is 2.64. The number of halogens is 2. The highest BCUT2D eigenvalue weighted by atomic mass is 19.1. The molecule has 1 saturated carbocycles. The lowest BCUT2D eigenvalue weighted by molar-refractivity contribution is -0.139. The van der Waals surface area contributed by atoms with Crippen LogP contribution in [0.15, 0.2) is 18.3 Å². The summed E-state index contributed by atoms with van der Waals surface area (Å²) in [5, 5.41) is 21.7. The number of aliphatic carboxylic acids is 1. The Balaban J connectivity index is 1.82. The molecule has 0 spiro atoms. The summed E-state index contributed by atoms with van der Waals surface area (Å²) in [7, 11) is 0. The molecule has 136 valence electrons. The lowest BCUT2D eigenvalue weighted by Gasteiger charge is -2.42. The highest BCUT2D eigenvalue weighted by Crippen LogP contribution is 2.33. The van der Waals surface area contributed by atoms with E-state index < -0.39 is 17.6 Å². The minimum absolute atomic E-state index is 0.00448. The molecule has 2 aromatic rings. The molecule has 26 heavy (non-hydrogen) atoms. The third kappa shape index (κ3) is 3.44. The maximum Gasteiger partial charge on any atom is 0.317 e. The van der Waals surface area contributed by atoms with Crippen LogP contribution in [-0.4, -0.2) is 46.1 Å². The lowest BCUT2D eigenvalue weighted by Crippen LogP contribution is -2.51. The number of carbonyl (C=O) groups is 1. The normalized spacial score (nSPS) is 19.2. The number of benzene rings is 1. The van der Waals surface area contributed by atoms with Crippen LogP contribution in [0.25, 0.3) is 10.9 Å². The van der Waals surface area contributed by atoms with Gasteiger partial charge in [0, 0.05) is 29.7 Å². The molecule has 1 heterocycles. The SMILES string of the molecule is CCN(CC(=O)O)C1CC(Nc2c(C#N)cnc3c(F)cc(F)cc23)C1. The average molecular weight is 360 g/mol. The molecule has 0 bridgehead atoms. The van der Waals surface area contributed by atoms with Gasteiger partial charge in [-0.25, -0.2) is 8.78 Å². The Kier molecular flexibility index (Phi) is 5.00. The molecule has 1 aliphatic rings. The van der Waals surface area contributed by atoms with Crippen molar-refractivity contribution in [3.05, 3.63) is 35.5 Å². The number of hydrogen-bond donors (Lipinski definition) is 2. The Bertz CT molecular complexity index is 891. The van der Waals surface area contributed by atoms with Crippen LogP contribution in [0.5, 0.6) is 0 Å². The second kappa shape index (κ2) is 7.22. The molecule has 0 aliphatic heterocycles. The van der Waals surface area contributed by atoms with E-state index in [2.05, 4.69) is 10.3 Å². The van der Waals surface area contributed by atoms with Crippen LogP contribution in [0.3, 0.4) is 0 Å². The van der Waals surface area contributed by atoms with Crippen molar-refractivity contribution in [3.63, 3.8) is 0 Å². The van der Waals surface area contributed by atoms with Gasteiger partial charge in [0.05, 0.1) is 17.8 Å². The maximum atomic E-state index is 14.0. The van der Waals surface area contributed by atoms with E-state index in [0.717, 1.165) is 12.1 Å². The first-order valence-corrected chi connectivity index (χ1v) is 8.33. The van der Waals surface area contributed by atoms with E-state index in [0.29, 0.717) is 25.1 Å². The molecule has 1 aromatic heterocycles. The van der Waals surface area contributed by atoms with Crippen LogP contribution >= 0.6 is 0 Å². The van der Waals surface area contributed by atoms with Gasteiger partial charge >= 0.3 is 5.97 Å². The number of anilines is 1. The molecule has 0 atom stereocenters. The van der Waals surface area contributed by atoms with Crippen molar-refractivity contribution < 1.29 is 18.7 Å². The third-order valence-corrected chi connectivity index (χ3v) is 4.73. The van der Waals surface area contributed by atoms with Crippen LogP contribution in [0, 0.1) is 23.0 Å². The molecule has 1 aromatic carbocycles. The Morgan fingerprint density at radius 1 is 1.46 bits per heavy atom. The summed E-state index contributed by atoms with van der Waals surface area (Å²) in [6, 6.07) is 4.03. The van der Waals surface area contributed by atoms with E-state index in [9.17, 15) is 18.8 Å². The van der Waals surface area contributed by atoms with Gasteiger partial charge in [-0.05, 0) is 25.5 Å². The maximum absolute atomic E-state index is 14.0. The average Bonchev–Trinajstić information content (AvgIpc) is 2.55. The van der Waals surface area contributed by atoms with Crippen LogP contribution in [0.2, 0.25) is 0 Å². The second-order valence-corrected chi connectivity index (χ2v) is 6.37. The number of nitrogens with zero attached hydrogens (tertiary/aromatic N) is 3. The predicted molar refractivity (Wildman–Crippen MR) is 91.7 cm³/mol. The van der Waals surface area contributed by atoms with Gasteiger partial charge in [0.25, 0.3) is 0 Å². The molecule has 6 nitrogen and oxygen atoms in total. The smallest absolute Gasteiger partial charge is 0.317 e. The number of carboxylic acid groups (broad SMARTS) is 1. The van der Waals surface area contributed by atoms with Crippen molar-refractivity contribution in [2.75, 3.05) is 18.4 Å². The zero-order valence-corrected chi connectivity index (χ0v) is 14.2. The van der Waals surface area contributed by atoms with Crippen molar-refractivity contribution >= 4 is 22.6 Å². The summed E-state index contributed by atoms with van der Waals surface area (Å²) < 4.78 is 27.6. The van der Waals surface area contributed by atoms with Crippen molar-refractivity contribution in [2.45, 2.75) is 31.8 Å². The van der Waals surface area contributed by atoms with Crippen LogP contribution in [-0.2, 0) is 4.79 Å². The van der Waals surface area contributed by atoms with E-state index in [1.54, 1.807) is 0 Å². The molecule has 0 unspecified atom stereocenters. The van der Waals surface area contributed by atoms with Gasteiger partial charge in [-0.15, -0.1) is 0 Å². The minimum atomic E-state index is -0.874. The molecule has 0 amide bonds. The van der Waals surface area contributed by atoms with Crippen LogP contribution in [0.4, 0.5) is 14.5 Å². The molecule has 1 aliphatic carbocycles. The molecule has 2 N–H and O–H groups in total. The lowest BCUT2D eigenvalue weighted by atomic mass is 9.85. The number of likely N-dealkylation sites (N-methyl/N-ethyl adjacent to an activating group) is 1. The molecule has 0 saturated heterocycles. The van der Waals surface area contributed by atoms with E-state index in [1.165, 1.54) is 6.20 Å². The van der Waals surface area contributed by atoms with Gasteiger partial charge in [-0.1, -0.05) is 6.92 Å². The van der Waals surface area contributed by atoms with Gasteiger partial charge in [-0.2, -0.15) is 5.26 Å². The van der Waals surface area contributed by atoms with E-state index in [4.69, 9.17) is 5.11 Å². The predicted octanol–water partition coefficient (Wildman–Crippen LogP) is 2.73. The zero-order chi connectivity index (χ0) is 18.8. The summed E-state index contributed by atoms with van der Waals surface area (Å²) in [4.78, 5) is 16.7. The number of pyridine rings is 1. The molecule has 0 radical (unpaired) electrons. The minimum Gasteiger partial charge on any atom is -0.480 e. The Morgan fingerprint density at radius 2 is 2.19 bits per heavy atom. The fourth-order valence-electron chi connectivity index (χ4n) is 3.35. The standard InChI is InChI=1S/C18H18F2N4O2/c1-2-24(9-16(25)26)13-5-12(6-13)23-17-10(7-21)8-22-18-14(17)3-11(19)4-15(18)20/h3-4,8,12-13H,2,5-6,9H2,1H3,(H,22,23)(H,25,26). The number of nitriles is 1. The molecule has 8 heteroatoms. The number of carboxylic acids is 1. The van der Waals surface area contributed by atoms with Gasteiger partial charge < -0.3 is 10.4 Å². The third-order valence-electron chi connectivity index (χ3n) is 4.73. The topological polar surface area (TPSA) is 89.3 Å². The highest BCUT2D eigenvalue weighted by Gasteiger charge is 2.34. The summed E-state index contributed by atoms with van der Waals surface area (Å²) >= 11 is 0. The van der Waals surface area contributed by atoms with Crippen molar-refractivity contribution in [2.24, 2.45) is 0 Å². The van der Waals surface area contributed by atoms with Gasteiger partial charge in [0.2, 0.25) is 0 Å². The fourth-order valence-corrected chi connectivity index (χ4v) is 3.35. The molecule has 3 rings (SSSR count). The van der Waals surface area contributed by atoms with Gasteiger partial charge in [0.1, 0.15) is 17.4 Å². The van der Waals surface area contributed by atoms with Crippen molar-refractivity contribution in [1.29, 1.82) is 5.26 Å². The Hall–Kier alpha value is -2.79. The quantitative estimate of drug-likeness (QED) is 0.823. The first kappa shape index (κ1) is 18.0. The first-order chi connectivity index (χ1) is 12.4. The van der Waals surface area contributed by atoms with E-state index >= 15 is 0 Å². The fraction of sp³-hybridized carbons (Fsp3) is 0.389. The Labute approximate surface area is 149 Å². The second-order valence-electron chi connectivity index (χ2n) is 6.37. The highest BCUT2D eigenvalue weighted by molar-refractivity contribution is 5.94. The number of aromatic nitrogens is 1. The number of nitrogens with one attached hydrogen (secondary N) is 1. The molecule has 1 fully saturated rings. The monoisotopic (exact) mass is 360 g/mol. The van der Waals surface area contributed by atoms with Crippen molar-refractivity contribution in [3.8, 4) is 6.07 Å². The van der Waals surface area contributed by atoms with Crippen LogP contribution in [0.1, 0.15) is 25.3 Å².